The number of urea groups is 1. The summed E-state index contributed by atoms with van der Waals surface area (Å²) in [7, 11) is 0. The highest BCUT2D eigenvalue weighted by atomic mass is 16.4. The molecule has 0 saturated carbocycles. The quantitative estimate of drug-likeness (QED) is 0.843. The Bertz CT molecular complexity index is 774. The van der Waals surface area contributed by atoms with Crippen LogP contribution in [0.15, 0.2) is 24.4 Å². The van der Waals surface area contributed by atoms with Crippen LogP contribution in [0.2, 0.25) is 0 Å². The van der Waals surface area contributed by atoms with Gasteiger partial charge in [-0.1, -0.05) is 0 Å². The van der Waals surface area contributed by atoms with Gasteiger partial charge in [-0.3, -0.25) is 15.0 Å². The Morgan fingerprint density at radius 2 is 2.14 bits per heavy atom. The Labute approximate surface area is 118 Å². The maximum Gasteiger partial charge on any atom is 0.373 e. The van der Waals surface area contributed by atoms with Crippen molar-refractivity contribution in [2.45, 2.75) is 6.42 Å². The van der Waals surface area contributed by atoms with E-state index in [1.165, 1.54) is 11.1 Å². The first-order valence-corrected chi connectivity index (χ1v) is 6.16. The molecule has 1 saturated heterocycles. The summed E-state index contributed by atoms with van der Waals surface area (Å²) in [4.78, 5) is 42.9. The number of amides is 3. The van der Waals surface area contributed by atoms with Crippen molar-refractivity contribution in [3.8, 4) is 0 Å². The van der Waals surface area contributed by atoms with Crippen LogP contribution >= 0.6 is 0 Å². The number of benzene rings is 1. The van der Waals surface area contributed by atoms with Crippen LogP contribution in [-0.2, 0) is 4.79 Å². The molecule has 0 radical (unpaired) electrons. The van der Waals surface area contributed by atoms with Crippen LogP contribution in [0.4, 0.5) is 10.5 Å². The molecule has 8 heteroatoms. The zero-order valence-electron chi connectivity index (χ0n) is 10.7. The molecule has 8 nitrogen and oxygen atoms in total. The molecular formula is C13H10N4O4. The first-order valence-electron chi connectivity index (χ1n) is 6.16. The second-order valence-corrected chi connectivity index (χ2v) is 4.50. The first kappa shape index (κ1) is 13.0. The van der Waals surface area contributed by atoms with E-state index >= 15 is 0 Å². The Morgan fingerprint density at radius 3 is 2.86 bits per heavy atom. The smallest absolute Gasteiger partial charge is 0.373 e. The molecule has 0 spiro atoms. The van der Waals surface area contributed by atoms with Gasteiger partial charge in [0.1, 0.15) is 0 Å². The third kappa shape index (κ3) is 2.38. The molecule has 0 unspecified atom stereocenters. The van der Waals surface area contributed by atoms with Crippen LogP contribution in [0.1, 0.15) is 17.0 Å². The van der Waals surface area contributed by atoms with E-state index < -0.39 is 12.0 Å². The number of anilines is 1. The third-order valence-corrected chi connectivity index (χ3v) is 3.12. The molecule has 0 atom stereocenters. The summed E-state index contributed by atoms with van der Waals surface area (Å²) in [5.74, 6) is -1.84. The number of hydrogen-bond acceptors (Lipinski definition) is 5. The standard InChI is InChI=1S/C13H10N4O4/c18-10-3-4-17(13(21)16-10)8-2-1-7-6-14-11(12(19)20)15-9(7)5-8/h1-2,5-6H,3-4H2,(H,19,20)(H,16,18,21). The van der Waals surface area contributed by atoms with Crippen LogP contribution in [0.3, 0.4) is 0 Å². The lowest BCUT2D eigenvalue weighted by Gasteiger charge is -2.26. The summed E-state index contributed by atoms with van der Waals surface area (Å²) in [5, 5.41) is 11.8. The van der Waals surface area contributed by atoms with Gasteiger partial charge in [0.2, 0.25) is 11.7 Å². The van der Waals surface area contributed by atoms with Crippen molar-refractivity contribution in [2.24, 2.45) is 0 Å². The van der Waals surface area contributed by atoms with Gasteiger partial charge in [-0.2, -0.15) is 0 Å². The monoisotopic (exact) mass is 286 g/mol. The van der Waals surface area contributed by atoms with Gasteiger partial charge in [0.15, 0.2) is 0 Å². The van der Waals surface area contributed by atoms with E-state index in [1.807, 2.05) is 0 Å². The fourth-order valence-electron chi connectivity index (χ4n) is 2.09. The predicted octanol–water partition coefficient (Wildman–Crippen LogP) is 0.774. The highest BCUT2D eigenvalue weighted by molar-refractivity contribution is 6.06. The number of carbonyl (C=O) groups is 3. The van der Waals surface area contributed by atoms with E-state index in [0.717, 1.165) is 0 Å². The van der Waals surface area contributed by atoms with Crippen LogP contribution in [-0.4, -0.2) is 39.5 Å². The number of carboxylic acids is 1. The molecule has 3 amide bonds. The van der Waals surface area contributed by atoms with E-state index in [9.17, 15) is 14.4 Å². The number of nitrogens with one attached hydrogen (secondary N) is 1. The molecule has 1 aromatic carbocycles. The maximum atomic E-state index is 11.8. The molecule has 21 heavy (non-hydrogen) atoms. The number of fused-ring (bicyclic) bond motifs is 1. The van der Waals surface area contributed by atoms with Crippen LogP contribution < -0.4 is 10.2 Å². The Morgan fingerprint density at radius 1 is 1.33 bits per heavy atom. The molecule has 2 aromatic rings. The number of carboxylic acid groups (broad SMARTS) is 1. The molecular weight excluding hydrogens is 276 g/mol. The Kier molecular flexibility index (Phi) is 2.98. The van der Waals surface area contributed by atoms with Crippen molar-refractivity contribution in [1.82, 2.24) is 15.3 Å². The van der Waals surface area contributed by atoms with Gasteiger partial charge >= 0.3 is 12.0 Å². The lowest BCUT2D eigenvalue weighted by Crippen LogP contribution is -2.49. The fourth-order valence-corrected chi connectivity index (χ4v) is 2.09. The molecule has 1 fully saturated rings. The van der Waals surface area contributed by atoms with Gasteiger partial charge < -0.3 is 5.11 Å². The van der Waals surface area contributed by atoms with Crippen molar-refractivity contribution in [3.63, 3.8) is 0 Å². The van der Waals surface area contributed by atoms with Gasteiger partial charge in [-0.25, -0.2) is 19.6 Å². The molecule has 3 rings (SSSR count). The zero-order chi connectivity index (χ0) is 15.0. The molecule has 0 bridgehead atoms. The Balaban J connectivity index is 2.01. The number of aromatic carboxylic acids is 1. The molecule has 106 valence electrons. The van der Waals surface area contributed by atoms with E-state index in [2.05, 4.69) is 15.3 Å². The maximum absolute atomic E-state index is 11.8. The number of aromatic nitrogens is 2. The van der Waals surface area contributed by atoms with E-state index in [4.69, 9.17) is 5.11 Å². The van der Waals surface area contributed by atoms with Crippen LogP contribution in [0, 0.1) is 0 Å². The minimum absolute atomic E-state index is 0.216. The van der Waals surface area contributed by atoms with Crippen molar-refractivity contribution < 1.29 is 19.5 Å². The highest BCUT2D eigenvalue weighted by Gasteiger charge is 2.24. The van der Waals surface area contributed by atoms with Gasteiger partial charge in [0, 0.05) is 30.2 Å². The van der Waals surface area contributed by atoms with Gasteiger partial charge in [0.25, 0.3) is 0 Å². The number of nitrogens with zero attached hydrogens (tertiary/aromatic N) is 3. The molecule has 2 N–H and O–H groups in total. The molecule has 2 heterocycles. The second-order valence-electron chi connectivity index (χ2n) is 4.50. The number of carbonyl (C=O) groups excluding carboxylic acids is 2. The SMILES string of the molecule is O=C1CCN(c2ccc3cnc(C(=O)O)nc3c2)C(=O)N1. The third-order valence-electron chi connectivity index (χ3n) is 3.12. The summed E-state index contributed by atoms with van der Waals surface area (Å²) in [6.07, 6.45) is 1.63. The van der Waals surface area contributed by atoms with Crippen LogP contribution in [0.5, 0.6) is 0 Å². The summed E-state index contributed by atoms with van der Waals surface area (Å²) < 4.78 is 0. The van der Waals surface area contributed by atoms with E-state index in [-0.39, 0.29) is 24.7 Å². The molecule has 1 aliphatic rings. The number of hydrogen-bond donors (Lipinski definition) is 2. The molecule has 1 aromatic heterocycles. The summed E-state index contributed by atoms with van der Waals surface area (Å²) in [5.41, 5.74) is 0.965. The predicted molar refractivity (Wildman–Crippen MR) is 72.0 cm³/mol. The van der Waals surface area contributed by atoms with Gasteiger partial charge in [-0.05, 0) is 18.2 Å². The Hall–Kier alpha value is -3.03. The second kappa shape index (κ2) is 4.82. The highest BCUT2D eigenvalue weighted by Crippen LogP contribution is 2.22. The molecule has 0 aliphatic carbocycles. The van der Waals surface area contributed by atoms with Gasteiger partial charge in [0.05, 0.1) is 5.52 Å². The first-order chi connectivity index (χ1) is 10.0. The minimum atomic E-state index is -1.22. The van der Waals surface area contributed by atoms with Gasteiger partial charge in [-0.15, -0.1) is 0 Å². The zero-order valence-corrected chi connectivity index (χ0v) is 10.7. The summed E-state index contributed by atoms with van der Waals surface area (Å²) in [6, 6.07) is 4.48. The number of imide groups is 1. The van der Waals surface area contributed by atoms with Crippen LogP contribution in [0.25, 0.3) is 10.9 Å². The average Bonchev–Trinajstić information content (AvgIpc) is 2.46. The fraction of sp³-hybridized carbons (Fsp3) is 0.154. The van der Waals surface area contributed by atoms with Crippen molar-refractivity contribution >= 4 is 34.5 Å². The van der Waals surface area contributed by atoms with E-state index in [0.29, 0.717) is 16.6 Å². The van der Waals surface area contributed by atoms with E-state index in [1.54, 1.807) is 18.2 Å². The topological polar surface area (TPSA) is 112 Å². The largest absolute Gasteiger partial charge is 0.475 e. The average molecular weight is 286 g/mol. The van der Waals surface area contributed by atoms with Crippen molar-refractivity contribution in [2.75, 3.05) is 11.4 Å². The normalized spacial score (nSPS) is 15.1. The van der Waals surface area contributed by atoms with Crippen molar-refractivity contribution in [3.05, 3.63) is 30.2 Å². The summed E-state index contributed by atoms with van der Waals surface area (Å²) >= 11 is 0. The minimum Gasteiger partial charge on any atom is -0.475 e. The molecule has 1 aliphatic heterocycles. The van der Waals surface area contributed by atoms with Crippen molar-refractivity contribution in [1.29, 1.82) is 0 Å². The summed E-state index contributed by atoms with van der Waals surface area (Å²) in [6.45, 7) is 0.271. The lowest BCUT2D eigenvalue weighted by atomic mass is 10.2. The number of rotatable bonds is 2. The lowest BCUT2D eigenvalue weighted by molar-refractivity contribution is -0.120.